The lowest BCUT2D eigenvalue weighted by Gasteiger charge is -2.38. The summed E-state index contributed by atoms with van der Waals surface area (Å²) in [6.45, 7) is 4.06. The molecule has 1 aromatic carbocycles. The van der Waals surface area contributed by atoms with Crippen LogP contribution in [0.25, 0.3) is 11.1 Å². The zero-order valence-electron chi connectivity index (χ0n) is 17.9. The molecule has 1 aliphatic carbocycles. The van der Waals surface area contributed by atoms with Gasteiger partial charge in [-0.05, 0) is 62.3 Å². The van der Waals surface area contributed by atoms with Crippen molar-refractivity contribution in [3.05, 3.63) is 53.6 Å². The van der Waals surface area contributed by atoms with E-state index in [1.165, 1.54) is 17.8 Å². The maximum Gasteiger partial charge on any atom is 0.181 e. The van der Waals surface area contributed by atoms with Crippen molar-refractivity contribution >= 4 is 11.5 Å². The van der Waals surface area contributed by atoms with Gasteiger partial charge in [-0.3, -0.25) is 9.98 Å². The van der Waals surface area contributed by atoms with Gasteiger partial charge in [-0.15, -0.1) is 0 Å². The Hall–Kier alpha value is -2.60. The van der Waals surface area contributed by atoms with Crippen LogP contribution in [-0.2, 0) is 16.8 Å². The van der Waals surface area contributed by atoms with Crippen molar-refractivity contribution in [3.63, 3.8) is 0 Å². The molecule has 1 saturated carbocycles. The van der Waals surface area contributed by atoms with E-state index in [4.69, 9.17) is 20.5 Å². The summed E-state index contributed by atoms with van der Waals surface area (Å²) in [6.07, 6.45) is 7.98. The van der Waals surface area contributed by atoms with Crippen LogP contribution in [0.2, 0.25) is 0 Å². The topological polar surface area (TPSA) is 72.9 Å². The first-order valence-electron chi connectivity index (χ1n) is 10.7. The van der Waals surface area contributed by atoms with Crippen molar-refractivity contribution in [1.29, 1.82) is 0 Å². The van der Waals surface area contributed by atoms with Gasteiger partial charge in [0.2, 0.25) is 0 Å². The van der Waals surface area contributed by atoms with Crippen molar-refractivity contribution in [3.8, 4) is 11.1 Å². The number of methoxy groups -OCH3 is 1. The van der Waals surface area contributed by atoms with Crippen LogP contribution in [0.5, 0.6) is 0 Å². The largest absolute Gasteiger partial charge is 0.382 e. The first kappa shape index (κ1) is 20.7. The Morgan fingerprint density at radius 1 is 1.10 bits per heavy atom. The fourth-order valence-electron chi connectivity index (χ4n) is 4.80. The number of nitrogens with two attached hydrogens (primary N) is 1. The molecule has 6 heteroatoms. The van der Waals surface area contributed by atoms with Crippen LogP contribution in [0.1, 0.15) is 50.7 Å². The molecule has 2 heterocycles. The molecular weight excluding hydrogens is 379 g/mol. The molecule has 0 bridgehead atoms. The summed E-state index contributed by atoms with van der Waals surface area (Å²) in [6, 6.07) is 7.74. The highest BCUT2D eigenvalue weighted by molar-refractivity contribution is 6.41. The van der Waals surface area contributed by atoms with E-state index in [1.807, 2.05) is 13.0 Å². The maximum absolute atomic E-state index is 13.8. The highest BCUT2D eigenvalue weighted by Gasteiger charge is 2.46. The monoisotopic (exact) mass is 408 g/mol. The van der Waals surface area contributed by atoms with Crippen LogP contribution in [0.3, 0.4) is 0 Å². The lowest BCUT2D eigenvalue weighted by atomic mass is 9.74. The third kappa shape index (κ3) is 3.65. The first-order valence-corrected chi connectivity index (χ1v) is 10.7. The molecule has 4 rings (SSSR count). The van der Waals surface area contributed by atoms with E-state index in [9.17, 15) is 4.39 Å². The molecule has 0 spiro atoms. The van der Waals surface area contributed by atoms with Crippen LogP contribution >= 0.6 is 0 Å². The fourth-order valence-corrected chi connectivity index (χ4v) is 4.80. The van der Waals surface area contributed by atoms with Crippen molar-refractivity contribution in [1.82, 2.24) is 4.98 Å². The molecule has 0 amide bonds. The van der Waals surface area contributed by atoms with Gasteiger partial charge in [0.25, 0.3) is 0 Å². The Morgan fingerprint density at radius 2 is 1.87 bits per heavy atom. The van der Waals surface area contributed by atoms with E-state index in [1.54, 1.807) is 13.3 Å². The molecule has 1 fully saturated rings. The van der Waals surface area contributed by atoms with Gasteiger partial charge in [0, 0.05) is 30.4 Å². The molecule has 1 atom stereocenters. The van der Waals surface area contributed by atoms with Crippen LogP contribution in [-0.4, -0.2) is 29.7 Å². The zero-order chi connectivity index (χ0) is 21.3. The molecule has 158 valence electrons. The molecule has 1 aliphatic heterocycles. The summed E-state index contributed by atoms with van der Waals surface area (Å²) in [5.74, 6) is 0.396. The number of aromatic nitrogens is 1. The molecule has 1 aromatic heterocycles. The normalized spacial score (nSPS) is 26.4. The lowest BCUT2D eigenvalue weighted by molar-refractivity contribution is 0.0425. The summed E-state index contributed by atoms with van der Waals surface area (Å²) in [5.41, 5.74) is 10.2. The van der Waals surface area contributed by atoms with Crippen LogP contribution < -0.4 is 5.73 Å². The number of nitrogens with zero attached hydrogens (tertiary/aromatic N) is 3. The second kappa shape index (κ2) is 8.26. The number of amidine groups is 1. The molecular formula is C24H29FN4O. The lowest BCUT2D eigenvalue weighted by Crippen LogP contribution is -2.36. The van der Waals surface area contributed by atoms with Gasteiger partial charge in [-0.25, -0.2) is 9.38 Å². The van der Waals surface area contributed by atoms with Gasteiger partial charge >= 0.3 is 0 Å². The number of hydrogen-bond donors (Lipinski definition) is 1. The van der Waals surface area contributed by atoms with Gasteiger partial charge in [-0.1, -0.05) is 19.1 Å². The van der Waals surface area contributed by atoms with E-state index in [0.29, 0.717) is 11.9 Å². The molecule has 30 heavy (non-hydrogen) atoms. The van der Waals surface area contributed by atoms with Crippen molar-refractivity contribution < 1.29 is 9.13 Å². The van der Waals surface area contributed by atoms with Gasteiger partial charge in [0.15, 0.2) is 5.66 Å². The fraction of sp³-hybridized carbons (Fsp3) is 0.458. The van der Waals surface area contributed by atoms with E-state index in [2.05, 4.69) is 24.0 Å². The van der Waals surface area contributed by atoms with E-state index in [0.717, 1.165) is 54.5 Å². The highest BCUT2D eigenvalue weighted by atomic mass is 19.1. The summed E-state index contributed by atoms with van der Waals surface area (Å²) < 4.78 is 19.4. The number of halogens is 1. The summed E-state index contributed by atoms with van der Waals surface area (Å²) in [4.78, 5) is 14.0. The van der Waals surface area contributed by atoms with Crippen molar-refractivity contribution in [2.75, 3.05) is 7.11 Å². The predicted octanol–water partition coefficient (Wildman–Crippen LogP) is 4.64. The number of aryl methyl sites for hydroxylation is 1. The molecule has 0 saturated heterocycles. The van der Waals surface area contributed by atoms with Gasteiger partial charge in [-0.2, -0.15) is 0 Å². The van der Waals surface area contributed by atoms with Crippen molar-refractivity contribution in [2.45, 2.75) is 57.7 Å². The third-order valence-electron chi connectivity index (χ3n) is 6.50. The van der Waals surface area contributed by atoms with Gasteiger partial charge in [0.1, 0.15) is 11.7 Å². The van der Waals surface area contributed by atoms with Crippen molar-refractivity contribution in [2.24, 2.45) is 21.6 Å². The third-order valence-corrected chi connectivity index (χ3v) is 6.50. The molecule has 5 nitrogen and oxygen atoms in total. The average molecular weight is 409 g/mol. The number of benzene rings is 1. The predicted molar refractivity (Wildman–Crippen MR) is 118 cm³/mol. The number of pyridine rings is 1. The van der Waals surface area contributed by atoms with Crippen LogP contribution in [0.4, 0.5) is 4.39 Å². The van der Waals surface area contributed by atoms with Gasteiger partial charge < -0.3 is 10.5 Å². The SMILES string of the molecule is CCc1ccc(-c2cncc(F)c2)cc1C1(C2CCC(OC)CC2)N=C(C)C(N)=N1. The minimum atomic E-state index is -0.727. The smallest absolute Gasteiger partial charge is 0.181 e. The molecule has 2 aliphatic rings. The average Bonchev–Trinajstić information content (AvgIpc) is 3.08. The number of rotatable bonds is 5. The molecule has 0 radical (unpaired) electrons. The molecule has 2 N–H and O–H groups in total. The van der Waals surface area contributed by atoms with E-state index < -0.39 is 5.66 Å². The van der Waals surface area contributed by atoms with E-state index in [-0.39, 0.29) is 11.7 Å². The first-order chi connectivity index (χ1) is 14.5. The van der Waals surface area contributed by atoms with E-state index >= 15 is 0 Å². The number of hydrogen-bond acceptors (Lipinski definition) is 5. The zero-order valence-corrected chi connectivity index (χ0v) is 17.9. The maximum atomic E-state index is 13.8. The molecule has 2 aromatic rings. The Balaban J connectivity index is 1.84. The minimum absolute atomic E-state index is 0.242. The van der Waals surface area contributed by atoms with Crippen LogP contribution in [0.15, 0.2) is 46.6 Å². The van der Waals surface area contributed by atoms with Crippen LogP contribution in [0, 0.1) is 11.7 Å². The standard InChI is InChI=1S/C24H29FN4O/c1-4-16-5-6-17(18-11-20(25)14-27-13-18)12-22(16)24(28-15(2)23(26)29-24)19-7-9-21(30-3)10-8-19/h5-6,11-14,19,21H,4,7-10H2,1-3H3,(H2,26,29). The van der Waals surface area contributed by atoms with Gasteiger partial charge in [0.05, 0.1) is 18.0 Å². The summed E-state index contributed by atoms with van der Waals surface area (Å²) in [5, 5.41) is 0. The Morgan fingerprint density at radius 3 is 2.47 bits per heavy atom. The summed E-state index contributed by atoms with van der Waals surface area (Å²) >= 11 is 0. The Labute approximate surface area is 177 Å². The number of aliphatic imine (C=N–C) groups is 2. The molecule has 1 unspecified atom stereocenters. The second-order valence-corrected chi connectivity index (χ2v) is 8.25. The summed E-state index contributed by atoms with van der Waals surface area (Å²) in [7, 11) is 1.78. The highest BCUT2D eigenvalue weighted by Crippen LogP contribution is 2.47. The number of ether oxygens (including phenoxy) is 1. The Bertz CT molecular complexity index is 974. The second-order valence-electron chi connectivity index (χ2n) is 8.25. The quantitative estimate of drug-likeness (QED) is 0.783. The Kier molecular flexibility index (Phi) is 5.69. The minimum Gasteiger partial charge on any atom is -0.382 e.